The molecule has 3 rings (SSSR count). The Morgan fingerprint density at radius 3 is 2.10 bits per heavy atom. The van der Waals surface area contributed by atoms with Gasteiger partial charge in [0.05, 0.1) is 17.7 Å². The zero-order valence-electron chi connectivity index (χ0n) is 22.8. The summed E-state index contributed by atoms with van der Waals surface area (Å²) in [6.45, 7) is 4.90. The van der Waals surface area contributed by atoms with Crippen LogP contribution in [0.3, 0.4) is 0 Å². The first-order valence-electron chi connectivity index (χ1n) is 12.7. The third-order valence-corrected chi connectivity index (χ3v) is 8.65. The van der Waals surface area contributed by atoms with E-state index in [1.807, 2.05) is 13.8 Å². The first-order valence-corrected chi connectivity index (χ1v) is 14.9. The van der Waals surface area contributed by atoms with Crippen molar-refractivity contribution in [3.05, 3.63) is 88.4 Å². The number of hydrogen-bond acceptors (Lipinski definition) is 5. The molecule has 0 saturated carbocycles. The molecule has 0 fully saturated rings. The molecule has 8 nitrogen and oxygen atoms in total. The SMILES string of the molecule is CC[C@H](C)NC(=O)[C@@H](C)N(Cc1ccc(OC)cc1)C(=O)CN(c1cc(Cl)cc(Cl)c1)S(=O)(=O)c1ccccc1. The number of amides is 2. The molecule has 2 amide bonds. The molecule has 0 aromatic heterocycles. The van der Waals surface area contributed by atoms with Gasteiger partial charge in [0.1, 0.15) is 18.3 Å². The van der Waals surface area contributed by atoms with Crippen molar-refractivity contribution in [2.45, 2.75) is 50.7 Å². The maximum Gasteiger partial charge on any atom is 0.264 e. The minimum atomic E-state index is -4.22. The van der Waals surface area contributed by atoms with Crippen molar-refractivity contribution in [3.8, 4) is 5.75 Å². The second kappa shape index (κ2) is 13.9. The van der Waals surface area contributed by atoms with E-state index in [0.29, 0.717) is 12.2 Å². The molecule has 0 radical (unpaired) electrons. The van der Waals surface area contributed by atoms with E-state index in [1.54, 1.807) is 56.5 Å². The summed E-state index contributed by atoms with van der Waals surface area (Å²) in [6.07, 6.45) is 0.712. The predicted molar refractivity (Wildman–Crippen MR) is 158 cm³/mol. The smallest absolute Gasteiger partial charge is 0.264 e. The van der Waals surface area contributed by atoms with Gasteiger partial charge in [-0.15, -0.1) is 0 Å². The maximum absolute atomic E-state index is 14.0. The average Bonchev–Trinajstić information content (AvgIpc) is 2.94. The molecule has 3 aromatic rings. The Hall–Kier alpha value is -3.27. The second-order valence-electron chi connectivity index (χ2n) is 9.32. The highest BCUT2D eigenvalue weighted by molar-refractivity contribution is 7.92. The molecule has 1 N–H and O–H groups in total. The van der Waals surface area contributed by atoms with Crippen LogP contribution in [0.2, 0.25) is 10.0 Å². The van der Waals surface area contributed by atoms with Crippen molar-refractivity contribution >= 4 is 50.7 Å². The van der Waals surface area contributed by atoms with Crippen LogP contribution in [0, 0.1) is 0 Å². The first kappa shape index (κ1) is 31.3. The fourth-order valence-corrected chi connectivity index (χ4v) is 5.84. The average molecular weight is 607 g/mol. The summed E-state index contributed by atoms with van der Waals surface area (Å²) in [6, 6.07) is 18.2. The molecule has 0 aliphatic heterocycles. The van der Waals surface area contributed by atoms with Crippen LogP contribution in [0.25, 0.3) is 0 Å². The fraction of sp³-hybridized carbons (Fsp3) is 0.310. The normalized spacial score (nSPS) is 12.8. The van der Waals surface area contributed by atoms with Crippen LogP contribution in [0.5, 0.6) is 5.75 Å². The molecule has 0 aliphatic rings. The van der Waals surface area contributed by atoms with Gasteiger partial charge < -0.3 is 15.0 Å². The molecule has 214 valence electrons. The number of sulfonamides is 1. The van der Waals surface area contributed by atoms with E-state index in [-0.39, 0.29) is 39.1 Å². The molecular formula is C29H33Cl2N3O5S. The number of rotatable bonds is 12. The molecule has 0 heterocycles. The third kappa shape index (κ3) is 7.90. The number of benzene rings is 3. The van der Waals surface area contributed by atoms with Crippen LogP contribution in [-0.4, -0.2) is 50.9 Å². The van der Waals surface area contributed by atoms with Gasteiger partial charge in [0, 0.05) is 22.6 Å². The Bertz CT molecular complexity index is 1400. The highest BCUT2D eigenvalue weighted by Crippen LogP contribution is 2.30. The summed E-state index contributed by atoms with van der Waals surface area (Å²) in [5, 5.41) is 3.32. The largest absolute Gasteiger partial charge is 0.497 e. The van der Waals surface area contributed by atoms with Crippen LogP contribution in [0.1, 0.15) is 32.8 Å². The number of nitrogens with zero attached hydrogens (tertiary/aromatic N) is 2. The van der Waals surface area contributed by atoms with E-state index in [0.717, 1.165) is 9.87 Å². The molecular weight excluding hydrogens is 573 g/mol. The predicted octanol–water partition coefficient (Wildman–Crippen LogP) is 5.53. The lowest BCUT2D eigenvalue weighted by atomic mass is 10.1. The highest BCUT2D eigenvalue weighted by atomic mass is 35.5. The summed E-state index contributed by atoms with van der Waals surface area (Å²) < 4.78 is 33.8. The van der Waals surface area contributed by atoms with Gasteiger partial charge in [-0.05, 0) is 68.3 Å². The zero-order chi connectivity index (χ0) is 29.4. The number of carbonyl (C=O) groups is 2. The molecule has 2 atom stereocenters. The molecule has 11 heteroatoms. The Kier molecular flexibility index (Phi) is 10.8. The van der Waals surface area contributed by atoms with Crippen LogP contribution >= 0.6 is 23.2 Å². The van der Waals surface area contributed by atoms with Crippen molar-refractivity contribution in [3.63, 3.8) is 0 Å². The summed E-state index contributed by atoms with van der Waals surface area (Å²) in [5.41, 5.74) is 0.858. The fourth-order valence-electron chi connectivity index (χ4n) is 3.91. The van der Waals surface area contributed by atoms with Gasteiger partial charge in [0.15, 0.2) is 0 Å². The van der Waals surface area contributed by atoms with Gasteiger partial charge in [-0.2, -0.15) is 0 Å². The van der Waals surface area contributed by atoms with E-state index < -0.39 is 28.5 Å². The maximum atomic E-state index is 14.0. The monoisotopic (exact) mass is 605 g/mol. The Labute approximate surface area is 245 Å². The van der Waals surface area contributed by atoms with Gasteiger partial charge in [0.25, 0.3) is 10.0 Å². The summed E-state index contributed by atoms with van der Waals surface area (Å²) in [5.74, 6) is -0.292. The quantitative estimate of drug-likeness (QED) is 0.293. The first-order chi connectivity index (χ1) is 19.0. The Morgan fingerprint density at radius 1 is 0.950 bits per heavy atom. The number of methoxy groups -OCH3 is 1. The Balaban J connectivity index is 2.04. The van der Waals surface area contributed by atoms with Crippen molar-refractivity contribution in [1.29, 1.82) is 0 Å². The van der Waals surface area contributed by atoms with Crippen LogP contribution in [-0.2, 0) is 26.2 Å². The number of halogens is 2. The van der Waals surface area contributed by atoms with E-state index in [9.17, 15) is 18.0 Å². The molecule has 40 heavy (non-hydrogen) atoms. The zero-order valence-corrected chi connectivity index (χ0v) is 25.1. The number of hydrogen-bond donors (Lipinski definition) is 1. The third-order valence-electron chi connectivity index (χ3n) is 6.43. The molecule has 3 aromatic carbocycles. The topological polar surface area (TPSA) is 96.0 Å². The lowest BCUT2D eigenvalue weighted by Crippen LogP contribution is -2.52. The molecule has 0 unspecified atom stereocenters. The van der Waals surface area contributed by atoms with E-state index in [1.165, 1.54) is 35.2 Å². The van der Waals surface area contributed by atoms with E-state index in [4.69, 9.17) is 27.9 Å². The van der Waals surface area contributed by atoms with Crippen molar-refractivity contribution in [2.24, 2.45) is 0 Å². The summed E-state index contributed by atoms with van der Waals surface area (Å²) in [7, 11) is -2.66. The minimum Gasteiger partial charge on any atom is -0.497 e. The van der Waals surface area contributed by atoms with Crippen molar-refractivity contribution in [2.75, 3.05) is 18.0 Å². The highest BCUT2D eigenvalue weighted by Gasteiger charge is 2.33. The number of carbonyl (C=O) groups excluding carboxylic acids is 2. The lowest BCUT2D eigenvalue weighted by molar-refractivity contribution is -0.139. The number of anilines is 1. The summed E-state index contributed by atoms with van der Waals surface area (Å²) in [4.78, 5) is 28.4. The van der Waals surface area contributed by atoms with Crippen molar-refractivity contribution < 1.29 is 22.7 Å². The van der Waals surface area contributed by atoms with Crippen LogP contribution < -0.4 is 14.4 Å². The van der Waals surface area contributed by atoms with Crippen LogP contribution in [0.15, 0.2) is 77.7 Å². The number of nitrogens with one attached hydrogen (secondary N) is 1. The van der Waals surface area contributed by atoms with Gasteiger partial charge in [-0.3, -0.25) is 13.9 Å². The van der Waals surface area contributed by atoms with Gasteiger partial charge in [-0.25, -0.2) is 8.42 Å². The van der Waals surface area contributed by atoms with Gasteiger partial charge in [-0.1, -0.05) is 60.5 Å². The molecule has 0 spiro atoms. The Morgan fingerprint density at radius 2 is 1.55 bits per heavy atom. The molecule has 0 saturated heterocycles. The molecule has 0 bridgehead atoms. The van der Waals surface area contributed by atoms with Gasteiger partial charge >= 0.3 is 0 Å². The van der Waals surface area contributed by atoms with Crippen LogP contribution in [0.4, 0.5) is 5.69 Å². The van der Waals surface area contributed by atoms with E-state index >= 15 is 0 Å². The second-order valence-corrected chi connectivity index (χ2v) is 12.1. The summed E-state index contributed by atoms with van der Waals surface area (Å²) >= 11 is 12.4. The van der Waals surface area contributed by atoms with Gasteiger partial charge in [0.2, 0.25) is 11.8 Å². The lowest BCUT2D eigenvalue weighted by Gasteiger charge is -2.32. The van der Waals surface area contributed by atoms with Crippen molar-refractivity contribution in [1.82, 2.24) is 10.2 Å². The molecule has 0 aliphatic carbocycles. The van der Waals surface area contributed by atoms with E-state index in [2.05, 4.69) is 5.32 Å². The number of ether oxygens (including phenoxy) is 1. The standard InChI is InChI=1S/C29H33Cl2N3O5S/c1-5-20(2)32-29(36)21(3)33(18-22-11-13-26(39-4)14-12-22)28(35)19-34(25-16-23(30)15-24(31)17-25)40(37,38)27-9-7-6-8-10-27/h6-17,20-21H,5,18-19H2,1-4H3,(H,32,36)/t20-,21+/m0/s1. The minimum absolute atomic E-state index is 0.0110.